The molecule has 1 aromatic heterocycles. The SMILES string of the molecule is COc1ccc(C2CC(c3ccc([N+](=O)[O-])o3)NC3C(C#N)=C(SC)NN32)cc1OC. The third-order valence-corrected chi connectivity index (χ3v) is 6.15. The number of hydrogen-bond acceptors (Lipinski definition) is 10. The smallest absolute Gasteiger partial charge is 0.433 e. The molecular formula is C20H21N5O5S. The van der Waals surface area contributed by atoms with Gasteiger partial charge in [-0.3, -0.25) is 15.4 Å². The van der Waals surface area contributed by atoms with Gasteiger partial charge < -0.3 is 19.3 Å². The molecule has 0 radical (unpaired) electrons. The van der Waals surface area contributed by atoms with E-state index in [0.29, 0.717) is 29.3 Å². The Kier molecular flexibility index (Phi) is 5.77. The summed E-state index contributed by atoms with van der Waals surface area (Å²) in [6.45, 7) is 0. The van der Waals surface area contributed by atoms with Crippen molar-refractivity contribution in [3.05, 3.63) is 62.4 Å². The van der Waals surface area contributed by atoms with E-state index in [2.05, 4.69) is 16.8 Å². The third kappa shape index (κ3) is 3.69. The molecule has 10 nitrogen and oxygen atoms in total. The molecule has 2 N–H and O–H groups in total. The number of hydrogen-bond donors (Lipinski definition) is 2. The first-order valence-corrected chi connectivity index (χ1v) is 10.7. The van der Waals surface area contributed by atoms with Crippen LogP contribution in [0.2, 0.25) is 0 Å². The van der Waals surface area contributed by atoms with Gasteiger partial charge in [0.2, 0.25) is 0 Å². The summed E-state index contributed by atoms with van der Waals surface area (Å²) in [4.78, 5) is 10.5. The molecule has 2 aromatic rings. The highest BCUT2D eigenvalue weighted by Gasteiger charge is 2.45. The predicted molar refractivity (Wildman–Crippen MR) is 113 cm³/mol. The van der Waals surface area contributed by atoms with Gasteiger partial charge in [0, 0.05) is 0 Å². The van der Waals surface area contributed by atoms with Gasteiger partial charge in [0.25, 0.3) is 0 Å². The fourth-order valence-corrected chi connectivity index (χ4v) is 4.55. The van der Waals surface area contributed by atoms with E-state index in [4.69, 9.17) is 13.9 Å². The maximum atomic E-state index is 11.1. The van der Waals surface area contributed by atoms with Crippen molar-refractivity contribution >= 4 is 17.6 Å². The van der Waals surface area contributed by atoms with Gasteiger partial charge in [-0.1, -0.05) is 6.07 Å². The van der Waals surface area contributed by atoms with Crippen molar-refractivity contribution in [2.24, 2.45) is 0 Å². The van der Waals surface area contributed by atoms with Crippen molar-refractivity contribution in [3.8, 4) is 17.6 Å². The Bertz CT molecular complexity index is 1080. The second-order valence-corrected chi connectivity index (χ2v) is 7.82. The Balaban J connectivity index is 1.74. The maximum absolute atomic E-state index is 11.1. The minimum absolute atomic E-state index is 0.173. The molecule has 1 fully saturated rings. The summed E-state index contributed by atoms with van der Waals surface area (Å²) >= 11 is 1.45. The van der Waals surface area contributed by atoms with Crippen molar-refractivity contribution in [1.82, 2.24) is 15.8 Å². The van der Waals surface area contributed by atoms with Crippen molar-refractivity contribution < 1.29 is 18.8 Å². The van der Waals surface area contributed by atoms with Crippen LogP contribution in [0.1, 0.15) is 29.8 Å². The van der Waals surface area contributed by atoms with Crippen molar-refractivity contribution in [3.63, 3.8) is 0 Å². The molecular weight excluding hydrogens is 422 g/mol. The number of methoxy groups -OCH3 is 2. The van der Waals surface area contributed by atoms with Crippen LogP contribution in [-0.2, 0) is 0 Å². The van der Waals surface area contributed by atoms with Crippen LogP contribution in [0.25, 0.3) is 0 Å². The summed E-state index contributed by atoms with van der Waals surface area (Å²) < 4.78 is 16.3. The predicted octanol–water partition coefficient (Wildman–Crippen LogP) is 3.23. The average Bonchev–Trinajstić information content (AvgIpc) is 3.42. The number of nitriles is 1. The third-order valence-electron chi connectivity index (χ3n) is 5.43. The normalized spacial score (nSPS) is 23.1. The number of nitro groups is 1. The lowest BCUT2D eigenvalue weighted by Crippen LogP contribution is -2.55. The Morgan fingerprint density at radius 1 is 1.29 bits per heavy atom. The highest BCUT2D eigenvalue weighted by molar-refractivity contribution is 8.02. The van der Waals surface area contributed by atoms with E-state index in [0.717, 1.165) is 10.6 Å². The molecule has 3 unspecified atom stereocenters. The standard InChI is InChI=1S/C20H21N5O5S/c1-28-16-5-4-11(8-17(16)29-2)14-9-13(15-6-7-18(30-15)25(26)27)22-19-12(10-21)20(31-3)23-24(14)19/h4-8,13-14,19,22-23H,9H2,1-3H3. The molecule has 0 bridgehead atoms. The van der Waals surface area contributed by atoms with E-state index in [1.54, 1.807) is 20.3 Å². The van der Waals surface area contributed by atoms with Crippen molar-refractivity contribution in [2.75, 3.05) is 20.5 Å². The quantitative estimate of drug-likeness (QED) is 0.507. The van der Waals surface area contributed by atoms with Gasteiger partial charge in [0.1, 0.15) is 22.9 Å². The van der Waals surface area contributed by atoms with Gasteiger partial charge in [-0.2, -0.15) is 10.3 Å². The molecule has 3 atom stereocenters. The summed E-state index contributed by atoms with van der Waals surface area (Å²) in [6, 6.07) is 10.4. The zero-order valence-electron chi connectivity index (χ0n) is 17.1. The highest BCUT2D eigenvalue weighted by Crippen LogP contribution is 2.44. The molecule has 4 rings (SSSR count). The van der Waals surface area contributed by atoms with Gasteiger partial charge in [0.15, 0.2) is 11.5 Å². The van der Waals surface area contributed by atoms with Gasteiger partial charge in [-0.05, 0) is 36.4 Å². The van der Waals surface area contributed by atoms with Gasteiger partial charge in [-0.25, -0.2) is 0 Å². The van der Waals surface area contributed by atoms with Crippen LogP contribution >= 0.6 is 11.8 Å². The van der Waals surface area contributed by atoms with E-state index in [1.807, 2.05) is 29.5 Å². The minimum atomic E-state index is -0.561. The molecule has 2 aliphatic rings. The summed E-state index contributed by atoms with van der Waals surface area (Å²) in [5.41, 5.74) is 4.84. The van der Waals surface area contributed by atoms with Crippen LogP contribution in [0.15, 0.2) is 45.4 Å². The topological polar surface area (TPSA) is 126 Å². The molecule has 2 aliphatic heterocycles. The summed E-state index contributed by atoms with van der Waals surface area (Å²) in [5, 5.41) is 27.0. The maximum Gasteiger partial charge on any atom is 0.433 e. The number of thioether (sulfide) groups is 1. The number of furan rings is 1. The van der Waals surface area contributed by atoms with E-state index >= 15 is 0 Å². The fraction of sp³-hybridized carbons (Fsp3) is 0.350. The first-order valence-electron chi connectivity index (χ1n) is 9.46. The Morgan fingerprint density at radius 3 is 2.68 bits per heavy atom. The average molecular weight is 443 g/mol. The van der Waals surface area contributed by atoms with E-state index in [1.165, 1.54) is 17.8 Å². The fourth-order valence-electron chi connectivity index (χ4n) is 3.97. The highest BCUT2D eigenvalue weighted by atomic mass is 32.2. The molecule has 0 saturated carbocycles. The van der Waals surface area contributed by atoms with Crippen LogP contribution < -0.4 is 20.2 Å². The van der Waals surface area contributed by atoms with Gasteiger partial charge in [0.05, 0.1) is 43.0 Å². The number of nitrogens with one attached hydrogen (secondary N) is 2. The number of fused-ring (bicyclic) bond motifs is 1. The van der Waals surface area contributed by atoms with Crippen molar-refractivity contribution in [2.45, 2.75) is 24.7 Å². The van der Waals surface area contributed by atoms with Gasteiger partial charge in [-0.15, -0.1) is 11.8 Å². The second-order valence-electron chi connectivity index (χ2n) is 7.00. The minimum Gasteiger partial charge on any atom is -0.493 e. The van der Waals surface area contributed by atoms with Crippen molar-refractivity contribution in [1.29, 1.82) is 5.26 Å². The zero-order chi connectivity index (χ0) is 22.1. The molecule has 31 heavy (non-hydrogen) atoms. The Labute approximate surface area is 182 Å². The second kappa shape index (κ2) is 8.50. The molecule has 1 aromatic carbocycles. The van der Waals surface area contributed by atoms with Crippen LogP contribution in [-0.4, -0.2) is 36.6 Å². The lowest BCUT2D eigenvalue weighted by atomic mass is 9.93. The first-order chi connectivity index (χ1) is 15.0. The number of benzene rings is 1. The first kappa shape index (κ1) is 21.0. The number of nitrogens with zero attached hydrogens (tertiary/aromatic N) is 3. The molecule has 3 heterocycles. The molecule has 0 aliphatic carbocycles. The van der Waals surface area contributed by atoms with Crippen LogP contribution in [0.4, 0.5) is 5.88 Å². The van der Waals surface area contributed by atoms with Gasteiger partial charge >= 0.3 is 5.88 Å². The molecule has 0 spiro atoms. The molecule has 162 valence electrons. The van der Waals surface area contributed by atoms with Crippen LogP contribution in [0.5, 0.6) is 11.5 Å². The number of rotatable bonds is 6. The van der Waals surface area contributed by atoms with E-state index < -0.39 is 11.1 Å². The summed E-state index contributed by atoms with van der Waals surface area (Å²) in [5.74, 6) is 1.35. The van der Waals surface area contributed by atoms with E-state index in [9.17, 15) is 15.4 Å². The lowest BCUT2D eigenvalue weighted by Gasteiger charge is -2.42. The molecule has 0 amide bonds. The number of ether oxygens (including phenoxy) is 2. The largest absolute Gasteiger partial charge is 0.493 e. The Morgan fingerprint density at radius 2 is 2.06 bits per heavy atom. The summed E-state index contributed by atoms with van der Waals surface area (Å²) in [6.07, 6.45) is 2.02. The monoisotopic (exact) mass is 443 g/mol. The molecule has 1 saturated heterocycles. The van der Waals surface area contributed by atoms with Crippen LogP contribution in [0.3, 0.4) is 0 Å². The number of hydrazine groups is 1. The Hall–Kier alpha value is -3.20. The zero-order valence-corrected chi connectivity index (χ0v) is 17.9. The van der Waals surface area contributed by atoms with E-state index in [-0.39, 0.29) is 18.0 Å². The lowest BCUT2D eigenvalue weighted by molar-refractivity contribution is -0.402. The van der Waals surface area contributed by atoms with Crippen LogP contribution in [0, 0.1) is 21.4 Å². The molecule has 11 heteroatoms. The summed E-state index contributed by atoms with van der Waals surface area (Å²) in [7, 11) is 3.15.